The summed E-state index contributed by atoms with van der Waals surface area (Å²) in [5, 5.41) is 6.23. The van der Waals surface area contributed by atoms with Gasteiger partial charge in [0.05, 0.1) is 16.6 Å². The maximum absolute atomic E-state index is 12.6. The van der Waals surface area contributed by atoms with E-state index in [1.165, 1.54) is 18.2 Å². The molecule has 0 bridgehead atoms. The summed E-state index contributed by atoms with van der Waals surface area (Å²) in [7, 11) is 0. The van der Waals surface area contributed by atoms with Crippen molar-refractivity contribution in [3.8, 4) is 0 Å². The molecule has 0 atom stereocenters. The van der Waals surface area contributed by atoms with Gasteiger partial charge in [0.25, 0.3) is 0 Å². The Hall–Kier alpha value is -1.54. The quantitative estimate of drug-likeness (QED) is 0.223. The Morgan fingerprint density at radius 2 is 1.38 bits per heavy atom. The van der Waals surface area contributed by atoms with Gasteiger partial charge in [0, 0.05) is 15.8 Å². The van der Waals surface area contributed by atoms with E-state index in [9.17, 15) is 8.78 Å². The molecule has 2 aromatic carbocycles. The fourth-order valence-corrected chi connectivity index (χ4v) is 1.85. The van der Waals surface area contributed by atoms with Gasteiger partial charge in [-0.25, -0.2) is 13.6 Å². The SMILES string of the molecule is Nc1cc(Cl)c(F)cc1Br.[C-]#N.[C-]#[N+]c1cc(F)c(Cl)cc1N.[Cu+]. The Morgan fingerprint density at radius 1 is 0.958 bits per heavy atom. The zero-order valence-electron chi connectivity index (χ0n) is 11.5. The Morgan fingerprint density at radius 3 is 1.79 bits per heavy atom. The van der Waals surface area contributed by atoms with Crippen molar-refractivity contribution in [3.05, 3.63) is 68.4 Å². The second-order valence-electron chi connectivity index (χ2n) is 3.72. The molecule has 4 nitrogen and oxygen atoms in total. The van der Waals surface area contributed by atoms with Crippen LogP contribution < -0.4 is 11.5 Å². The summed E-state index contributed by atoms with van der Waals surface area (Å²) in [6, 6.07) is 4.84. The molecule has 0 spiro atoms. The summed E-state index contributed by atoms with van der Waals surface area (Å²) in [5.74, 6) is -1.09. The van der Waals surface area contributed by atoms with Crippen LogP contribution in [-0.2, 0) is 17.1 Å². The standard InChI is InChI=1S/C7H4ClFN2.C6H4BrClFN.CN.Cu/c1-11-7-3-5(9)4(8)2-6(7)10;7-3-1-5(9)4(8)2-6(3)10;1-2;/h2-3H,10H2;1-2H,10H2;;/q;;-1;+1. The van der Waals surface area contributed by atoms with Crippen molar-refractivity contribution in [2.24, 2.45) is 0 Å². The molecule has 0 aliphatic carbocycles. The van der Waals surface area contributed by atoms with Gasteiger partial charge in [0.15, 0.2) is 0 Å². The molecule has 0 fully saturated rings. The van der Waals surface area contributed by atoms with Gasteiger partial charge in [-0.05, 0) is 40.2 Å². The average molecular weight is 485 g/mol. The summed E-state index contributed by atoms with van der Waals surface area (Å²) in [6.45, 7) is 11.3. The van der Waals surface area contributed by atoms with Crippen molar-refractivity contribution in [1.82, 2.24) is 0 Å². The third-order valence-corrected chi connectivity index (χ3v) is 3.50. The minimum Gasteiger partial charge on any atom is -0.512 e. The van der Waals surface area contributed by atoms with Crippen molar-refractivity contribution < 1.29 is 25.8 Å². The van der Waals surface area contributed by atoms with E-state index in [2.05, 4.69) is 20.8 Å². The molecular formula is C14H8BrCl2CuF2N4. The molecule has 130 valence electrons. The number of anilines is 2. The molecule has 4 N–H and O–H groups in total. The molecule has 0 radical (unpaired) electrons. The van der Waals surface area contributed by atoms with Crippen LogP contribution in [0.2, 0.25) is 10.0 Å². The Bertz CT molecular complexity index is 716. The van der Waals surface area contributed by atoms with E-state index in [-0.39, 0.29) is 38.5 Å². The number of nitrogen functional groups attached to an aromatic ring is 2. The van der Waals surface area contributed by atoms with Gasteiger partial charge in [-0.15, -0.1) is 0 Å². The number of hydrogen-bond acceptors (Lipinski definition) is 3. The van der Waals surface area contributed by atoms with Gasteiger partial charge in [-0.3, -0.25) is 0 Å². The van der Waals surface area contributed by atoms with E-state index in [1.807, 2.05) is 0 Å². The summed E-state index contributed by atoms with van der Waals surface area (Å²) >= 11 is 13.9. The van der Waals surface area contributed by atoms with Crippen molar-refractivity contribution in [2.75, 3.05) is 11.5 Å². The van der Waals surface area contributed by atoms with Crippen molar-refractivity contribution in [1.29, 1.82) is 5.26 Å². The molecule has 2 aromatic rings. The third kappa shape index (κ3) is 7.35. The average Bonchev–Trinajstić information content (AvgIpc) is 2.52. The van der Waals surface area contributed by atoms with Crippen LogP contribution in [0.1, 0.15) is 0 Å². The summed E-state index contributed by atoms with van der Waals surface area (Å²) < 4.78 is 25.7. The molecule has 0 aromatic heterocycles. The monoisotopic (exact) mass is 482 g/mol. The first-order valence-electron chi connectivity index (χ1n) is 5.50. The zero-order chi connectivity index (χ0) is 18.2. The molecule has 0 saturated heterocycles. The van der Waals surface area contributed by atoms with E-state index in [0.717, 1.165) is 6.07 Å². The molecule has 10 heteroatoms. The number of rotatable bonds is 0. The Kier molecular flexibility index (Phi) is 12.3. The maximum Gasteiger partial charge on any atom is 1.00 e. The van der Waals surface area contributed by atoms with E-state index in [4.69, 9.17) is 53.1 Å². The van der Waals surface area contributed by atoms with Crippen LogP contribution in [0.5, 0.6) is 0 Å². The number of hydrogen-bond donors (Lipinski definition) is 2. The maximum atomic E-state index is 12.6. The van der Waals surface area contributed by atoms with Gasteiger partial charge in [0.1, 0.15) is 11.6 Å². The predicted molar refractivity (Wildman–Crippen MR) is 90.6 cm³/mol. The van der Waals surface area contributed by atoms with Gasteiger partial charge in [0.2, 0.25) is 5.69 Å². The predicted octanol–water partition coefficient (Wildman–Crippen LogP) is 5.53. The Balaban J connectivity index is 0. The molecule has 0 unspecified atom stereocenters. The van der Waals surface area contributed by atoms with Gasteiger partial charge < -0.3 is 23.3 Å². The second-order valence-corrected chi connectivity index (χ2v) is 5.39. The zero-order valence-corrected chi connectivity index (χ0v) is 15.6. The van der Waals surface area contributed by atoms with Crippen molar-refractivity contribution in [2.45, 2.75) is 0 Å². The van der Waals surface area contributed by atoms with Gasteiger partial charge >= 0.3 is 17.1 Å². The van der Waals surface area contributed by atoms with Crippen LogP contribution in [0.15, 0.2) is 28.7 Å². The number of nitrogens with zero attached hydrogens (tertiary/aromatic N) is 2. The minimum atomic E-state index is -0.619. The first-order valence-corrected chi connectivity index (χ1v) is 7.05. The fraction of sp³-hybridized carbons (Fsp3) is 0. The van der Waals surface area contributed by atoms with Crippen molar-refractivity contribution in [3.63, 3.8) is 0 Å². The largest absolute Gasteiger partial charge is 1.00 e. The molecule has 0 heterocycles. The topological polar surface area (TPSA) is 80.2 Å². The molecule has 24 heavy (non-hydrogen) atoms. The summed E-state index contributed by atoms with van der Waals surface area (Å²) in [4.78, 5) is 3.00. The van der Waals surface area contributed by atoms with Gasteiger partial charge in [-0.2, -0.15) is 0 Å². The first-order chi connectivity index (χ1) is 10.8. The molecule has 0 aliphatic rings. The van der Waals surface area contributed by atoms with E-state index in [0.29, 0.717) is 10.2 Å². The minimum absolute atomic E-state index is 0. The normalized spacial score (nSPS) is 8.42. The third-order valence-electron chi connectivity index (χ3n) is 2.23. The Labute approximate surface area is 166 Å². The number of nitrogens with two attached hydrogens (primary N) is 2. The summed E-state index contributed by atoms with van der Waals surface area (Å²) in [6.07, 6.45) is 0. The molecule has 0 aliphatic heterocycles. The molecular weight excluding hydrogens is 477 g/mol. The smallest absolute Gasteiger partial charge is 0.512 e. The molecule has 0 saturated carbocycles. The van der Waals surface area contributed by atoms with Crippen LogP contribution >= 0.6 is 39.1 Å². The van der Waals surface area contributed by atoms with Crippen molar-refractivity contribution >= 4 is 56.2 Å². The molecule has 2 rings (SSSR count). The van der Waals surface area contributed by atoms with Crippen LogP contribution in [0.4, 0.5) is 25.8 Å². The molecule has 0 amide bonds. The summed E-state index contributed by atoms with van der Waals surface area (Å²) in [5.41, 5.74) is 11.5. The first kappa shape index (κ1) is 24.7. The van der Waals surface area contributed by atoms with Crippen LogP contribution in [0.25, 0.3) is 4.85 Å². The van der Waals surface area contributed by atoms with Gasteiger partial charge in [-0.1, -0.05) is 23.2 Å². The second kappa shape index (κ2) is 11.9. The fourth-order valence-electron chi connectivity index (χ4n) is 1.19. The number of halogens is 5. The number of benzene rings is 2. The van der Waals surface area contributed by atoms with Crippen LogP contribution in [0.3, 0.4) is 0 Å². The van der Waals surface area contributed by atoms with E-state index < -0.39 is 11.6 Å². The van der Waals surface area contributed by atoms with Crippen LogP contribution in [0, 0.1) is 30.0 Å². The van der Waals surface area contributed by atoms with Crippen LogP contribution in [-0.4, -0.2) is 0 Å². The van der Waals surface area contributed by atoms with E-state index in [1.54, 1.807) is 0 Å². The van der Waals surface area contributed by atoms with E-state index >= 15 is 0 Å².